The summed E-state index contributed by atoms with van der Waals surface area (Å²) in [6, 6.07) is 0. The summed E-state index contributed by atoms with van der Waals surface area (Å²) in [5.74, 6) is -0.179. The molecule has 0 aliphatic heterocycles. The highest BCUT2D eigenvalue weighted by molar-refractivity contribution is 5.92. The van der Waals surface area contributed by atoms with E-state index in [1.807, 2.05) is 0 Å². The number of nitrogens with one attached hydrogen (secondary N) is 2. The number of carbonyl (C=O) groups is 1. The van der Waals surface area contributed by atoms with Crippen molar-refractivity contribution in [3.05, 3.63) is 37.5 Å². The molecule has 0 aromatic carbocycles. The molecule has 1 amide bonds. The van der Waals surface area contributed by atoms with Gasteiger partial charge in [-0.05, 0) is 6.92 Å². The average molecular weight is 180 g/mol. The van der Waals surface area contributed by atoms with Gasteiger partial charge in [-0.1, -0.05) is 25.3 Å². The minimum atomic E-state index is -0.234. The van der Waals surface area contributed by atoms with Crippen molar-refractivity contribution in [2.75, 3.05) is 6.54 Å². The van der Waals surface area contributed by atoms with E-state index in [1.54, 1.807) is 19.1 Å². The molecule has 72 valence electrons. The molecule has 1 unspecified atom stereocenters. The zero-order chi connectivity index (χ0) is 10.3. The fraction of sp³-hybridized carbons (Fsp3) is 0.300. The van der Waals surface area contributed by atoms with E-state index in [4.69, 9.17) is 0 Å². The highest BCUT2D eigenvalue weighted by Crippen LogP contribution is 1.88. The minimum absolute atomic E-state index is 0.179. The molecule has 13 heavy (non-hydrogen) atoms. The predicted octanol–water partition coefficient (Wildman–Crippen LogP) is 0.966. The Morgan fingerprint density at radius 2 is 2.15 bits per heavy atom. The lowest BCUT2D eigenvalue weighted by Gasteiger charge is -2.15. The lowest BCUT2D eigenvalue weighted by atomic mass is 10.3. The largest absolute Gasteiger partial charge is 0.333 e. The highest BCUT2D eigenvalue weighted by atomic mass is 16.1. The molecule has 0 aliphatic rings. The zero-order valence-electron chi connectivity index (χ0n) is 7.97. The number of rotatable bonds is 6. The summed E-state index contributed by atoms with van der Waals surface area (Å²) in [6.45, 7) is 12.9. The van der Waals surface area contributed by atoms with Crippen molar-refractivity contribution in [3.63, 3.8) is 0 Å². The van der Waals surface area contributed by atoms with Crippen LogP contribution in [0.2, 0.25) is 0 Å². The van der Waals surface area contributed by atoms with Crippen LogP contribution in [0.15, 0.2) is 37.5 Å². The van der Waals surface area contributed by atoms with Crippen LogP contribution in [-0.4, -0.2) is 18.6 Å². The third-order valence-corrected chi connectivity index (χ3v) is 1.39. The van der Waals surface area contributed by atoms with Crippen molar-refractivity contribution < 1.29 is 4.79 Å². The predicted molar refractivity (Wildman–Crippen MR) is 55.1 cm³/mol. The number of hydrogen-bond donors (Lipinski definition) is 2. The molecule has 0 saturated heterocycles. The Balaban J connectivity index is 3.96. The lowest BCUT2D eigenvalue weighted by molar-refractivity contribution is -0.118. The molecule has 0 saturated carbocycles. The van der Waals surface area contributed by atoms with E-state index in [0.29, 0.717) is 12.1 Å². The Labute approximate surface area is 79.2 Å². The van der Waals surface area contributed by atoms with Crippen LogP contribution >= 0.6 is 0 Å². The van der Waals surface area contributed by atoms with Gasteiger partial charge < -0.3 is 5.32 Å². The van der Waals surface area contributed by atoms with Gasteiger partial charge in [0, 0.05) is 12.1 Å². The van der Waals surface area contributed by atoms with Gasteiger partial charge in [0.15, 0.2) is 0 Å². The van der Waals surface area contributed by atoms with E-state index >= 15 is 0 Å². The molecule has 0 bridgehead atoms. The molecule has 0 aromatic rings. The Morgan fingerprint density at radius 1 is 1.54 bits per heavy atom. The van der Waals surface area contributed by atoms with E-state index in [2.05, 4.69) is 30.4 Å². The molecule has 1 atom stereocenters. The van der Waals surface area contributed by atoms with Gasteiger partial charge in [-0.2, -0.15) is 0 Å². The maximum atomic E-state index is 11.2. The summed E-state index contributed by atoms with van der Waals surface area (Å²) in [5.41, 5.74) is 0.479. The number of amides is 1. The molecule has 0 radical (unpaired) electrons. The van der Waals surface area contributed by atoms with E-state index in [0.717, 1.165) is 0 Å². The van der Waals surface area contributed by atoms with Crippen molar-refractivity contribution in [2.24, 2.45) is 0 Å². The second-order valence-corrected chi connectivity index (χ2v) is 2.66. The van der Waals surface area contributed by atoms with Gasteiger partial charge in [-0.25, -0.2) is 0 Å². The molecule has 3 heteroatoms. The first-order valence-corrected chi connectivity index (χ1v) is 4.05. The van der Waals surface area contributed by atoms with Crippen LogP contribution in [0.25, 0.3) is 0 Å². The number of hydrogen-bond acceptors (Lipinski definition) is 2. The second-order valence-electron chi connectivity index (χ2n) is 2.66. The van der Waals surface area contributed by atoms with Gasteiger partial charge >= 0.3 is 0 Å². The molecular weight excluding hydrogens is 164 g/mol. The Hall–Kier alpha value is -1.35. The van der Waals surface area contributed by atoms with Crippen LogP contribution in [0.1, 0.15) is 6.92 Å². The Morgan fingerprint density at radius 3 is 2.54 bits per heavy atom. The molecule has 0 rings (SSSR count). The summed E-state index contributed by atoms with van der Waals surface area (Å²) in [6.07, 6.45) is 3.09. The van der Waals surface area contributed by atoms with E-state index in [9.17, 15) is 4.79 Å². The monoisotopic (exact) mass is 180 g/mol. The fourth-order valence-corrected chi connectivity index (χ4v) is 0.668. The Kier molecular flexibility index (Phi) is 5.55. The van der Waals surface area contributed by atoms with Crippen LogP contribution in [0.3, 0.4) is 0 Å². The third-order valence-electron chi connectivity index (χ3n) is 1.39. The van der Waals surface area contributed by atoms with Crippen molar-refractivity contribution in [1.29, 1.82) is 0 Å². The summed E-state index contributed by atoms with van der Waals surface area (Å²) in [5, 5.41) is 5.68. The van der Waals surface area contributed by atoms with Crippen molar-refractivity contribution in [1.82, 2.24) is 10.6 Å². The standard InChI is InChI=1S/C10H16N2O/c1-5-7-11-9(6-2)12-10(13)8(3)4/h5-6,9,11H,1-3,7H2,4H3,(H,12,13). The normalized spacial score (nSPS) is 11.5. The van der Waals surface area contributed by atoms with Gasteiger partial charge in [0.1, 0.15) is 0 Å². The van der Waals surface area contributed by atoms with Gasteiger partial charge in [0.05, 0.1) is 6.17 Å². The molecule has 0 heterocycles. The van der Waals surface area contributed by atoms with E-state index in [1.165, 1.54) is 0 Å². The smallest absolute Gasteiger partial charge is 0.247 e. The molecule has 2 N–H and O–H groups in total. The van der Waals surface area contributed by atoms with Gasteiger partial charge in [-0.3, -0.25) is 10.1 Å². The summed E-state index contributed by atoms with van der Waals surface area (Å²) in [7, 11) is 0. The van der Waals surface area contributed by atoms with E-state index < -0.39 is 0 Å². The maximum Gasteiger partial charge on any atom is 0.247 e. The van der Waals surface area contributed by atoms with Crippen LogP contribution in [0, 0.1) is 0 Å². The highest BCUT2D eigenvalue weighted by Gasteiger charge is 2.06. The minimum Gasteiger partial charge on any atom is -0.333 e. The SMILES string of the molecule is C=CCNC(C=C)NC(=O)C(=C)C. The Bertz CT molecular complexity index is 221. The van der Waals surface area contributed by atoms with Crippen LogP contribution in [0.4, 0.5) is 0 Å². The maximum absolute atomic E-state index is 11.2. The van der Waals surface area contributed by atoms with Gasteiger partial charge in [-0.15, -0.1) is 6.58 Å². The lowest BCUT2D eigenvalue weighted by Crippen LogP contribution is -2.44. The molecule has 0 aromatic heterocycles. The average Bonchev–Trinajstić information content (AvgIpc) is 2.11. The quantitative estimate of drug-likeness (QED) is 0.363. The van der Waals surface area contributed by atoms with Crippen molar-refractivity contribution in [2.45, 2.75) is 13.1 Å². The summed E-state index contributed by atoms with van der Waals surface area (Å²) in [4.78, 5) is 11.2. The third kappa shape index (κ3) is 4.98. The van der Waals surface area contributed by atoms with Crippen LogP contribution in [-0.2, 0) is 4.79 Å². The molecule has 0 aliphatic carbocycles. The van der Waals surface area contributed by atoms with Gasteiger partial charge in [0.2, 0.25) is 5.91 Å². The topological polar surface area (TPSA) is 41.1 Å². The first-order valence-electron chi connectivity index (χ1n) is 4.05. The summed E-state index contributed by atoms with van der Waals surface area (Å²) < 4.78 is 0. The first-order chi connectivity index (χ1) is 6.11. The fourth-order valence-electron chi connectivity index (χ4n) is 0.668. The first kappa shape index (κ1) is 11.6. The van der Waals surface area contributed by atoms with Gasteiger partial charge in [0.25, 0.3) is 0 Å². The number of carbonyl (C=O) groups excluding carboxylic acids is 1. The summed E-state index contributed by atoms with van der Waals surface area (Å²) >= 11 is 0. The molecule has 0 fully saturated rings. The molecular formula is C10H16N2O. The molecule has 3 nitrogen and oxygen atoms in total. The molecule has 0 spiro atoms. The van der Waals surface area contributed by atoms with Crippen LogP contribution in [0.5, 0.6) is 0 Å². The van der Waals surface area contributed by atoms with E-state index in [-0.39, 0.29) is 12.1 Å². The second kappa shape index (κ2) is 6.20. The zero-order valence-corrected chi connectivity index (χ0v) is 7.97. The van der Waals surface area contributed by atoms with Crippen molar-refractivity contribution >= 4 is 5.91 Å². The van der Waals surface area contributed by atoms with Crippen molar-refractivity contribution in [3.8, 4) is 0 Å². The van der Waals surface area contributed by atoms with Crippen LogP contribution < -0.4 is 10.6 Å².